The van der Waals surface area contributed by atoms with E-state index in [0.29, 0.717) is 11.5 Å². The van der Waals surface area contributed by atoms with Gasteiger partial charge in [0.15, 0.2) is 0 Å². The molecule has 18 heavy (non-hydrogen) atoms. The molecule has 1 aliphatic heterocycles. The number of aliphatic carboxylic acids is 1. The molecular weight excluding hydrogens is 314 g/mol. The first-order chi connectivity index (χ1) is 8.59. The molecule has 0 radical (unpaired) electrons. The summed E-state index contributed by atoms with van der Waals surface area (Å²) in [6, 6.07) is 4.75. The lowest BCUT2D eigenvalue weighted by Gasteiger charge is -2.23. The lowest BCUT2D eigenvalue weighted by molar-refractivity contribution is -0.138. The van der Waals surface area contributed by atoms with Crippen molar-refractivity contribution in [3.63, 3.8) is 0 Å². The number of carboxylic acid groups (broad SMARTS) is 1. The lowest BCUT2D eigenvalue weighted by atomic mass is 9.92. The third-order valence-electron chi connectivity index (χ3n) is 3.31. The van der Waals surface area contributed by atoms with E-state index < -0.39 is 12.0 Å². The highest BCUT2D eigenvalue weighted by Gasteiger charge is 2.20. The van der Waals surface area contributed by atoms with Crippen molar-refractivity contribution in [2.75, 3.05) is 11.5 Å². The van der Waals surface area contributed by atoms with Gasteiger partial charge in [0.05, 0.1) is 0 Å². The van der Waals surface area contributed by atoms with Crippen molar-refractivity contribution in [2.45, 2.75) is 24.8 Å². The zero-order valence-electron chi connectivity index (χ0n) is 9.93. The smallest absolute Gasteiger partial charge is 0.325 e. The van der Waals surface area contributed by atoms with Gasteiger partial charge in [0.25, 0.3) is 0 Å². The predicted octanol–water partition coefficient (Wildman–Crippen LogP) is 3.14. The van der Waals surface area contributed by atoms with Crippen LogP contribution in [0.2, 0.25) is 0 Å². The first kappa shape index (κ1) is 13.9. The molecule has 2 rings (SSSR count). The summed E-state index contributed by atoms with van der Waals surface area (Å²) in [6.45, 7) is 0. The Hall–Kier alpha value is -0.520. The van der Waals surface area contributed by atoms with Gasteiger partial charge < -0.3 is 10.8 Å². The summed E-state index contributed by atoms with van der Waals surface area (Å²) >= 11 is 5.54. The van der Waals surface area contributed by atoms with E-state index in [1.54, 1.807) is 0 Å². The Morgan fingerprint density at radius 1 is 1.44 bits per heavy atom. The summed E-state index contributed by atoms with van der Waals surface area (Å²) in [5.74, 6) is 1.99. The van der Waals surface area contributed by atoms with Gasteiger partial charge in [-0.25, -0.2) is 0 Å². The Balaban J connectivity index is 2.21. The molecule has 0 aromatic heterocycles. The zero-order chi connectivity index (χ0) is 13.1. The second-order valence-corrected chi connectivity index (χ2v) is 6.56. The number of thioether (sulfide) groups is 1. The number of carboxylic acids is 1. The van der Waals surface area contributed by atoms with Crippen LogP contribution in [-0.4, -0.2) is 22.6 Å². The molecule has 1 saturated heterocycles. The topological polar surface area (TPSA) is 63.3 Å². The van der Waals surface area contributed by atoms with Crippen LogP contribution in [0, 0.1) is 0 Å². The van der Waals surface area contributed by atoms with Gasteiger partial charge in [0, 0.05) is 4.47 Å². The molecule has 3 N–H and O–H groups in total. The zero-order valence-corrected chi connectivity index (χ0v) is 12.3. The Bertz CT molecular complexity index is 447. The average molecular weight is 330 g/mol. The minimum absolute atomic E-state index is 0.579. The molecule has 5 heteroatoms. The molecule has 1 aromatic carbocycles. The third-order valence-corrected chi connectivity index (χ3v) is 5.05. The number of rotatable bonds is 3. The summed E-state index contributed by atoms with van der Waals surface area (Å²) < 4.78 is 0.980. The predicted molar refractivity (Wildman–Crippen MR) is 78.0 cm³/mol. The Labute approximate surface area is 119 Å². The normalized spacial score (nSPS) is 18.6. The van der Waals surface area contributed by atoms with Gasteiger partial charge >= 0.3 is 5.97 Å². The van der Waals surface area contributed by atoms with Crippen LogP contribution in [0.25, 0.3) is 0 Å². The molecule has 98 valence electrons. The monoisotopic (exact) mass is 329 g/mol. The molecular formula is C13H16BrNO2S. The molecule has 0 amide bonds. The Morgan fingerprint density at radius 3 is 2.67 bits per heavy atom. The van der Waals surface area contributed by atoms with Gasteiger partial charge in [-0.1, -0.05) is 28.1 Å². The highest BCUT2D eigenvalue weighted by molar-refractivity contribution is 9.10. The van der Waals surface area contributed by atoms with Crippen LogP contribution in [0.5, 0.6) is 0 Å². The van der Waals surface area contributed by atoms with E-state index >= 15 is 0 Å². The Kier molecular flexibility index (Phi) is 4.70. The fourth-order valence-corrected chi connectivity index (χ4v) is 4.05. The van der Waals surface area contributed by atoms with E-state index in [-0.39, 0.29) is 0 Å². The molecule has 0 aliphatic carbocycles. The molecule has 1 unspecified atom stereocenters. The minimum atomic E-state index is -0.997. The van der Waals surface area contributed by atoms with Crippen molar-refractivity contribution in [2.24, 2.45) is 5.73 Å². The molecule has 0 spiro atoms. The number of nitrogens with two attached hydrogens (primary N) is 1. The van der Waals surface area contributed by atoms with Crippen LogP contribution in [0.3, 0.4) is 0 Å². The first-order valence-electron chi connectivity index (χ1n) is 5.95. The van der Waals surface area contributed by atoms with E-state index in [0.717, 1.165) is 4.47 Å². The van der Waals surface area contributed by atoms with Crippen LogP contribution < -0.4 is 5.73 Å². The van der Waals surface area contributed by atoms with Crippen LogP contribution in [0.15, 0.2) is 22.7 Å². The SMILES string of the molecule is NC(C(=O)O)c1ccc(C2CCSCC2)c(Br)c1. The largest absolute Gasteiger partial charge is 0.480 e. The molecule has 3 nitrogen and oxygen atoms in total. The van der Waals surface area contributed by atoms with Gasteiger partial charge in [0.2, 0.25) is 0 Å². The maximum Gasteiger partial charge on any atom is 0.325 e. The summed E-state index contributed by atoms with van der Waals surface area (Å²) in [7, 11) is 0. The average Bonchev–Trinajstić information content (AvgIpc) is 2.38. The maximum absolute atomic E-state index is 10.9. The van der Waals surface area contributed by atoms with Gasteiger partial charge in [0.1, 0.15) is 6.04 Å². The van der Waals surface area contributed by atoms with Crippen LogP contribution in [-0.2, 0) is 4.79 Å². The molecule has 0 saturated carbocycles. The summed E-state index contributed by atoms with van der Waals surface area (Å²) in [6.07, 6.45) is 2.38. The van der Waals surface area contributed by atoms with E-state index in [4.69, 9.17) is 10.8 Å². The van der Waals surface area contributed by atoms with E-state index in [2.05, 4.69) is 15.9 Å². The molecule has 0 bridgehead atoms. The molecule has 1 atom stereocenters. The number of hydrogen-bond acceptors (Lipinski definition) is 3. The van der Waals surface area contributed by atoms with Crippen molar-refractivity contribution in [1.29, 1.82) is 0 Å². The number of benzene rings is 1. The minimum Gasteiger partial charge on any atom is -0.480 e. The number of hydrogen-bond donors (Lipinski definition) is 2. The summed E-state index contributed by atoms with van der Waals surface area (Å²) in [4.78, 5) is 10.9. The van der Waals surface area contributed by atoms with E-state index in [1.165, 1.54) is 29.9 Å². The van der Waals surface area contributed by atoms with Crippen LogP contribution in [0.1, 0.15) is 35.9 Å². The van der Waals surface area contributed by atoms with Crippen LogP contribution in [0.4, 0.5) is 0 Å². The number of carbonyl (C=O) groups is 1. The first-order valence-corrected chi connectivity index (χ1v) is 7.90. The van der Waals surface area contributed by atoms with Crippen molar-refractivity contribution < 1.29 is 9.90 Å². The lowest BCUT2D eigenvalue weighted by Crippen LogP contribution is -2.20. The van der Waals surface area contributed by atoms with Crippen molar-refractivity contribution >= 4 is 33.7 Å². The van der Waals surface area contributed by atoms with E-state index in [9.17, 15) is 4.79 Å². The second kappa shape index (κ2) is 6.08. The summed E-state index contributed by atoms with van der Waals surface area (Å²) in [5.41, 5.74) is 7.53. The van der Waals surface area contributed by atoms with Gasteiger partial charge in [-0.15, -0.1) is 0 Å². The highest BCUT2D eigenvalue weighted by Crippen LogP contribution is 2.36. The molecule has 1 aromatic rings. The van der Waals surface area contributed by atoms with Crippen molar-refractivity contribution in [1.82, 2.24) is 0 Å². The quantitative estimate of drug-likeness (QED) is 0.894. The highest BCUT2D eigenvalue weighted by atomic mass is 79.9. The maximum atomic E-state index is 10.9. The van der Waals surface area contributed by atoms with Crippen molar-refractivity contribution in [3.8, 4) is 0 Å². The fourth-order valence-electron chi connectivity index (χ4n) is 2.22. The summed E-state index contributed by atoms with van der Waals surface area (Å²) in [5, 5.41) is 8.90. The fraction of sp³-hybridized carbons (Fsp3) is 0.462. The van der Waals surface area contributed by atoms with Gasteiger partial charge in [-0.2, -0.15) is 11.8 Å². The third kappa shape index (κ3) is 3.08. The van der Waals surface area contributed by atoms with E-state index in [1.807, 2.05) is 30.0 Å². The second-order valence-electron chi connectivity index (χ2n) is 4.48. The molecule has 1 heterocycles. The van der Waals surface area contributed by atoms with Gasteiger partial charge in [-0.05, 0) is 47.5 Å². The molecule has 1 aliphatic rings. The van der Waals surface area contributed by atoms with Gasteiger partial charge in [-0.3, -0.25) is 4.79 Å². The standard InChI is InChI=1S/C13H16BrNO2S/c14-11-7-9(12(15)13(16)17)1-2-10(11)8-3-5-18-6-4-8/h1-2,7-8,12H,3-6,15H2,(H,16,17). The number of halogens is 1. The van der Waals surface area contributed by atoms with Crippen molar-refractivity contribution in [3.05, 3.63) is 33.8 Å². The molecule has 1 fully saturated rings. The Morgan fingerprint density at radius 2 is 2.11 bits per heavy atom. The van der Waals surface area contributed by atoms with Crippen LogP contribution >= 0.6 is 27.7 Å².